The Hall–Kier alpha value is -2.07. The molecule has 1 aromatic carbocycles. The molecule has 2 aromatic rings. The Bertz CT molecular complexity index is 627. The number of fused-ring (bicyclic) bond motifs is 1. The lowest BCUT2D eigenvalue weighted by atomic mass is 10.1. The minimum Gasteiger partial charge on any atom is -0.491 e. The zero-order valence-corrected chi connectivity index (χ0v) is 12.4. The summed E-state index contributed by atoms with van der Waals surface area (Å²) >= 11 is 0. The van der Waals surface area contributed by atoms with Crippen LogP contribution in [-0.2, 0) is 13.0 Å². The molecule has 1 aliphatic rings. The van der Waals surface area contributed by atoms with Crippen molar-refractivity contribution in [2.24, 2.45) is 5.73 Å². The van der Waals surface area contributed by atoms with Crippen LogP contribution in [0.15, 0.2) is 36.5 Å². The largest absolute Gasteiger partial charge is 0.491 e. The van der Waals surface area contributed by atoms with Gasteiger partial charge >= 0.3 is 0 Å². The molecule has 0 saturated carbocycles. The lowest BCUT2D eigenvalue weighted by Crippen LogP contribution is -2.27. The zero-order chi connectivity index (χ0) is 14.7. The molecular formula is C17H21N3O. The van der Waals surface area contributed by atoms with E-state index in [1.807, 2.05) is 18.3 Å². The van der Waals surface area contributed by atoms with Gasteiger partial charge in [-0.25, -0.2) is 4.98 Å². The van der Waals surface area contributed by atoms with E-state index in [9.17, 15) is 0 Å². The maximum Gasteiger partial charge on any atom is 0.131 e. The molecule has 0 bridgehead atoms. The lowest BCUT2D eigenvalue weighted by molar-refractivity contribution is 0.331. The summed E-state index contributed by atoms with van der Waals surface area (Å²) < 4.78 is 5.82. The Morgan fingerprint density at radius 3 is 3.00 bits per heavy atom. The van der Waals surface area contributed by atoms with Gasteiger partial charge in [0.05, 0.1) is 6.54 Å². The highest BCUT2D eigenvalue weighted by Gasteiger charge is 2.17. The van der Waals surface area contributed by atoms with Gasteiger partial charge < -0.3 is 15.4 Å². The molecule has 4 heteroatoms. The molecule has 1 aromatic heterocycles. The van der Waals surface area contributed by atoms with Crippen molar-refractivity contribution >= 4 is 5.82 Å². The Labute approximate surface area is 125 Å². The third-order valence-corrected chi connectivity index (χ3v) is 3.79. The highest BCUT2D eigenvalue weighted by atomic mass is 16.5. The number of rotatable bonds is 3. The predicted octanol–water partition coefficient (Wildman–Crippen LogP) is 2.29. The molecule has 3 rings (SSSR count). The number of anilines is 1. The van der Waals surface area contributed by atoms with E-state index in [0.717, 1.165) is 31.1 Å². The molecule has 0 amide bonds. The highest BCUT2D eigenvalue weighted by Crippen LogP contribution is 2.26. The average molecular weight is 283 g/mol. The number of ether oxygens (including phenoxy) is 1. The number of aryl methyl sites for hydroxylation is 1. The fraction of sp³-hybridized carbons (Fsp3) is 0.353. The first-order chi connectivity index (χ1) is 10.3. The van der Waals surface area contributed by atoms with Crippen LogP contribution in [0.5, 0.6) is 5.75 Å². The molecule has 0 radical (unpaired) electrons. The molecule has 0 aliphatic carbocycles. The van der Waals surface area contributed by atoms with E-state index in [1.165, 1.54) is 16.7 Å². The molecule has 0 saturated heterocycles. The van der Waals surface area contributed by atoms with Crippen LogP contribution in [-0.4, -0.2) is 24.7 Å². The molecule has 0 fully saturated rings. The fourth-order valence-electron chi connectivity index (χ4n) is 2.77. The summed E-state index contributed by atoms with van der Waals surface area (Å²) in [6.45, 7) is 5.13. The predicted molar refractivity (Wildman–Crippen MR) is 84.7 cm³/mol. The van der Waals surface area contributed by atoms with Crippen LogP contribution in [0.25, 0.3) is 0 Å². The van der Waals surface area contributed by atoms with Crippen molar-refractivity contribution in [3.8, 4) is 5.75 Å². The van der Waals surface area contributed by atoms with Crippen molar-refractivity contribution in [1.82, 2.24) is 4.98 Å². The first-order valence-corrected chi connectivity index (χ1v) is 7.39. The molecule has 2 N–H and O–H groups in total. The third-order valence-electron chi connectivity index (χ3n) is 3.79. The molecule has 21 heavy (non-hydrogen) atoms. The van der Waals surface area contributed by atoms with Crippen molar-refractivity contribution in [2.45, 2.75) is 19.9 Å². The Balaban J connectivity index is 1.87. The van der Waals surface area contributed by atoms with E-state index < -0.39 is 0 Å². The van der Waals surface area contributed by atoms with E-state index in [2.05, 4.69) is 35.0 Å². The van der Waals surface area contributed by atoms with Crippen LogP contribution in [0.3, 0.4) is 0 Å². The van der Waals surface area contributed by atoms with Gasteiger partial charge in [0, 0.05) is 18.3 Å². The van der Waals surface area contributed by atoms with Gasteiger partial charge in [-0.1, -0.05) is 24.3 Å². The minimum atomic E-state index is 0.658. The van der Waals surface area contributed by atoms with Gasteiger partial charge in [0.2, 0.25) is 0 Å². The summed E-state index contributed by atoms with van der Waals surface area (Å²) in [4.78, 5) is 6.94. The monoisotopic (exact) mass is 283 g/mol. The smallest absolute Gasteiger partial charge is 0.131 e. The second kappa shape index (κ2) is 6.14. The maximum absolute atomic E-state index is 5.82. The topological polar surface area (TPSA) is 51.4 Å². The summed E-state index contributed by atoms with van der Waals surface area (Å²) in [7, 11) is 0. The normalized spacial score (nSPS) is 14.3. The number of pyridine rings is 1. The van der Waals surface area contributed by atoms with Crippen molar-refractivity contribution < 1.29 is 4.74 Å². The van der Waals surface area contributed by atoms with Gasteiger partial charge in [0.1, 0.15) is 18.2 Å². The number of nitrogens with zero attached hydrogens (tertiary/aromatic N) is 2. The average Bonchev–Trinajstić information content (AvgIpc) is 2.70. The third kappa shape index (κ3) is 3.00. The van der Waals surface area contributed by atoms with Gasteiger partial charge in [0.25, 0.3) is 0 Å². The van der Waals surface area contributed by atoms with E-state index in [1.54, 1.807) is 0 Å². The van der Waals surface area contributed by atoms with E-state index in [-0.39, 0.29) is 0 Å². The molecule has 0 spiro atoms. The van der Waals surface area contributed by atoms with Crippen molar-refractivity contribution in [3.05, 3.63) is 53.2 Å². The van der Waals surface area contributed by atoms with Crippen LogP contribution >= 0.6 is 0 Å². The summed E-state index contributed by atoms with van der Waals surface area (Å²) in [6.07, 6.45) is 2.81. The molecule has 4 nitrogen and oxygen atoms in total. The van der Waals surface area contributed by atoms with Crippen molar-refractivity contribution in [3.63, 3.8) is 0 Å². The maximum atomic E-state index is 5.82. The Morgan fingerprint density at radius 2 is 2.19 bits per heavy atom. The van der Waals surface area contributed by atoms with Crippen molar-refractivity contribution in [1.29, 1.82) is 0 Å². The highest BCUT2D eigenvalue weighted by molar-refractivity contribution is 5.50. The first-order valence-electron chi connectivity index (χ1n) is 7.39. The lowest BCUT2D eigenvalue weighted by Gasteiger charge is -2.23. The summed E-state index contributed by atoms with van der Waals surface area (Å²) in [5.74, 6) is 2.02. The number of para-hydroxylation sites is 1. The Kier molecular flexibility index (Phi) is 4.06. The van der Waals surface area contributed by atoms with Gasteiger partial charge in [-0.15, -0.1) is 0 Å². The molecule has 1 aliphatic heterocycles. The van der Waals surface area contributed by atoms with Crippen LogP contribution in [0, 0.1) is 6.92 Å². The molecule has 0 atom stereocenters. The second-order valence-electron chi connectivity index (χ2n) is 5.40. The summed E-state index contributed by atoms with van der Waals surface area (Å²) in [6, 6.07) is 10.4. The standard InChI is InChI=1S/C17H21N3O/c1-13-10-14(6-7-18)11-19-17(13)20-8-9-21-16-5-3-2-4-15(16)12-20/h2-5,10-11H,6-9,12,18H2,1H3. The zero-order valence-electron chi connectivity index (χ0n) is 12.4. The Morgan fingerprint density at radius 1 is 1.33 bits per heavy atom. The van der Waals surface area contributed by atoms with Gasteiger partial charge in [0.15, 0.2) is 0 Å². The number of benzene rings is 1. The number of aromatic nitrogens is 1. The molecule has 110 valence electrons. The van der Waals surface area contributed by atoms with Crippen LogP contribution in [0.2, 0.25) is 0 Å². The SMILES string of the molecule is Cc1cc(CCN)cnc1N1CCOc2ccccc2C1. The fourth-order valence-corrected chi connectivity index (χ4v) is 2.77. The number of nitrogens with two attached hydrogens (primary N) is 1. The van der Waals surface area contributed by atoms with Crippen LogP contribution < -0.4 is 15.4 Å². The second-order valence-corrected chi connectivity index (χ2v) is 5.40. The summed E-state index contributed by atoms with van der Waals surface area (Å²) in [5, 5.41) is 0. The van der Waals surface area contributed by atoms with Crippen LogP contribution in [0.4, 0.5) is 5.82 Å². The van der Waals surface area contributed by atoms with Crippen molar-refractivity contribution in [2.75, 3.05) is 24.6 Å². The van der Waals surface area contributed by atoms with E-state index >= 15 is 0 Å². The van der Waals surface area contributed by atoms with E-state index in [4.69, 9.17) is 10.5 Å². The number of hydrogen-bond donors (Lipinski definition) is 1. The summed E-state index contributed by atoms with van der Waals surface area (Å²) in [5.41, 5.74) is 9.21. The molecule has 0 unspecified atom stereocenters. The number of hydrogen-bond acceptors (Lipinski definition) is 4. The molecular weight excluding hydrogens is 262 g/mol. The quantitative estimate of drug-likeness (QED) is 0.939. The van der Waals surface area contributed by atoms with Gasteiger partial charge in [-0.3, -0.25) is 0 Å². The van der Waals surface area contributed by atoms with Gasteiger partial charge in [-0.2, -0.15) is 0 Å². The van der Waals surface area contributed by atoms with Gasteiger partial charge in [-0.05, 0) is 37.1 Å². The first kappa shape index (κ1) is 13.9. The molecule has 2 heterocycles. The van der Waals surface area contributed by atoms with Crippen LogP contribution in [0.1, 0.15) is 16.7 Å². The minimum absolute atomic E-state index is 0.658. The van der Waals surface area contributed by atoms with E-state index in [0.29, 0.717) is 13.2 Å².